The topological polar surface area (TPSA) is 139 Å². The Balaban J connectivity index is 1.73. The molecule has 0 saturated carbocycles. The second-order valence-electron chi connectivity index (χ2n) is 5.48. The molecule has 2 N–H and O–H groups in total. The fourth-order valence-corrected chi connectivity index (χ4v) is 2.65. The summed E-state index contributed by atoms with van der Waals surface area (Å²) in [6.45, 7) is 1.91. The molecule has 11 heteroatoms. The van der Waals surface area contributed by atoms with Gasteiger partial charge in [-0.15, -0.1) is 0 Å². The van der Waals surface area contributed by atoms with Gasteiger partial charge in [-0.2, -0.15) is 13.6 Å². The number of benzene rings is 2. The number of aromatic nitrogens is 2. The van der Waals surface area contributed by atoms with Crippen LogP contribution in [0.2, 0.25) is 0 Å². The maximum Gasteiger partial charge on any atom is 0.380 e. The molecule has 2 aromatic carbocycles. The van der Waals surface area contributed by atoms with E-state index in [0.29, 0.717) is 22.3 Å². The van der Waals surface area contributed by atoms with Crippen molar-refractivity contribution in [1.29, 1.82) is 0 Å². The van der Waals surface area contributed by atoms with Gasteiger partial charge in [0.1, 0.15) is 17.6 Å². The van der Waals surface area contributed by atoms with E-state index in [9.17, 15) is 8.42 Å². The van der Waals surface area contributed by atoms with Crippen LogP contribution in [0.15, 0.2) is 46.2 Å². The van der Waals surface area contributed by atoms with Gasteiger partial charge in [0.15, 0.2) is 11.5 Å². The minimum absolute atomic E-state index is 0.0453. The molecule has 10 nitrogen and oxygen atoms in total. The van der Waals surface area contributed by atoms with Gasteiger partial charge < -0.3 is 13.8 Å². The number of methoxy groups -OCH3 is 1. The fraction of sp³-hybridized carbons (Fsp3) is 0.188. The van der Waals surface area contributed by atoms with E-state index < -0.39 is 10.3 Å². The van der Waals surface area contributed by atoms with Gasteiger partial charge in [0.2, 0.25) is 0 Å². The Labute approximate surface area is 154 Å². The molecular weight excluding hydrogens is 376 g/mol. The molecule has 27 heavy (non-hydrogen) atoms. The van der Waals surface area contributed by atoms with E-state index in [1.807, 2.05) is 6.07 Å². The van der Waals surface area contributed by atoms with Crippen LogP contribution >= 0.6 is 0 Å². The highest BCUT2D eigenvalue weighted by Crippen LogP contribution is 2.29. The van der Waals surface area contributed by atoms with Crippen molar-refractivity contribution in [3.8, 4) is 11.5 Å². The zero-order valence-electron chi connectivity index (χ0n) is 14.4. The summed E-state index contributed by atoms with van der Waals surface area (Å²) < 4.78 is 36.8. The fourth-order valence-electron chi connectivity index (χ4n) is 2.27. The number of ether oxygens (including phenoxy) is 1. The molecule has 0 saturated heterocycles. The molecule has 3 aromatic rings. The van der Waals surface area contributed by atoms with Crippen LogP contribution in [0.1, 0.15) is 18.1 Å². The Morgan fingerprint density at radius 1 is 1.15 bits per heavy atom. The van der Waals surface area contributed by atoms with Crippen molar-refractivity contribution < 1.29 is 26.8 Å². The van der Waals surface area contributed by atoms with Crippen LogP contribution in [-0.2, 0) is 21.7 Å². The molecule has 0 aliphatic rings. The van der Waals surface area contributed by atoms with Gasteiger partial charge in [-0.3, -0.25) is 0 Å². The van der Waals surface area contributed by atoms with Crippen LogP contribution in [0.5, 0.6) is 11.5 Å². The van der Waals surface area contributed by atoms with E-state index in [0.717, 1.165) is 5.56 Å². The van der Waals surface area contributed by atoms with Crippen molar-refractivity contribution in [2.45, 2.75) is 13.5 Å². The van der Waals surface area contributed by atoms with Crippen LogP contribution in [0.4, 0.5) is 0 Å². The van der Waals surface area contributed by atoms with Crippen LogP contribution < -0.4 is 14.1 Å². The third-order valence-corrected chi connectivity index (χ3v) is 3.95. The standard InChI is InChI=1S/C16H16N4O6S/c1-10(12-4-6-15(23-2)16(8-12)25-27(17,21)22)18-24-9-11-3-5-13-14(7-11)20-26-19-13/h3-8H,9H2,1-2H3,(H2,17,21,22)/b18-10+. The molecule has 0 fully saturated rings. The van der Waals surface area contributed by atoms with Crippen LogP contribution in [0, 0.1) is 0 Å². The average Bonchev–Trinajstić information content (AvgIpc) is 3.08. The van der Waals surface area contributed by atoms with Crippen molar-refractivity contribution in [3.63, 3.8) is 0 Å². The molecule has 142 valence electrons. The van der Waals surface area contributed by atoms with E-state index in [1.54, 1.807) is 31.2 Å². The zero-order chi connectivity index (χ0) is 19.4. The van der Waals surface area contributed by atoms with Crippen molar-refractivity contribution in [2.24, 2.45) is 10.3 Å². The first-order chi connectivity index (χ1) is 12.9. The number of nitrogens with zero attached hydrogens (tertiary/aromatic N) is 3. The Morgan fingerprint density at radius 2 is 1.93 bits per heavy atom. The molecular formula is C16H16N4O6S. The number of rotatable bonds is 7. The molecule has 1 heterocycles. The number of nitrogens with two attached hydrogens (primary N) is 1. The lowest BCUT2D eigenvalue weighted by Gasteiger charge is -2.10. The lowest BCUT2D eigenvalue weighted by Crippen LogP contribution is -2.19. The number of hydrogen-bond acceptors (Lipinski definition) is 9. The average molecular weight is 392 g/mol. The number of hydrogen-bond donors (Lipinski definition) is 1. The molecule has 0 bridgehead atoms. The number of oxime groups is 1. The highest BCUT2D eigenvalue weighted by Gasteiger charge is 2.13. The summed E-state index contributed by atoms with van der Waals surface area (Å²) in [6, 6.07) is 10.0. The Kier molecular flexibility index (Phi) is 5.23. The minimum atomic E-state index is -4.19. The summed E-state index contributed by atoms with van der Waals surface area (Å²) in [5.41, 5.74) is 3.19. The third kappa shape index (κ3) is 4.71. The Hall–Kier alpha value is -3.18. The van der Waals surface area contributed by atoms with Gasteiger partial charge in [-0.25, -0.2) is 4.63 Å². The summed E-state index contributed by atoms with van der Waals surface area (Å²) in [5.74, 6) is 0.173. The minimum Gasteiger partial charge on any atom is -0.493 e. The molecule has 0 aliphatic carbocycles. The van der Waals surface area contributed by atoms with Crippen molar-refractivity contribution in [2.75, 3.05) is 7.11 Å². The van der Waals surface area contributed by atoms with Crippen LogP contribution in [0.3, 0.4) is 0 Å². The van der Waals surface area contributed by atoms with Gasteiger partial charge in [0, 0.05) is 5.56 Å². The zero-order valence-corrected chi connectivity index (χ0v) is 15.3. The lowest BCUT2D eigenvalue weighted by atomic mass is 10.1. The van der Waals surface area contributed by atoms with Crippen molar-refractivity contribution in [1.82, 2.24) is 10.3 Å². The Bertz CT molecular complexity index is 1090. The second kappa shape index (κ2) is 7.60. The smallest absolute Gasteiger partial charge is 0.380 e. The molecule has 3 rings (SSSR count). The summed E-state index contributed by atoms with van der Waals surface area (Å²) >= 11 is 0. The van der Waals surface area contributed by atoms with Gasteiger partial charge >= 0.3 is 10.3 Å². The predicted octanol–water partition coefficient (Wildman–Crippen LogP) is 1.75. The summed E-state index contributed by atoms with van der Waals surface area (Å²) in [5, 5.41) is 16.4. The predicted molar refractivity (Wildman–Crippen MR) is 95.5 cm³/mol. The quantitative estimate of drug-likeness (QED) is 0.474. The van der Waals surface area contributed by atoms with Crippen molar-refractivity contribution >= 4 is 27.0 Å². The van der Waals surface area contributed by atoms with Crippen molar-refractivity contribution in [3.05, 3.63) is 47.5 Å². The van der Waals surface area contributed by atoms with Gasteiger partial charge in [-0.05, 0) is 53.1 Å². The summed E-state index contributed by atoms with van der Waals surface area (Å²) in [6.07, 6.45) is 0. The highest BCUT2D eigenvalue weighted by atomic mass is 32.2. The van der Waals surface area contributed by atoms with Crippen LogP contribution in [0.25, 0.3) is 11.0 Å². The van der Waals surface area contributed by atoms with Crippen LogP contribution in [-0.4, -0.2) is 31.6 Å². The van der Waals surface area contributed by atoms with E-state index in [4.69, 9.17) is 18.9 Å². The lowest BCUT2D eigenvalue weighted by molar-refractivity contribution is 0.130. The monoisotopic (exact) mass is 392 g/mol. The molecule has 0 radical (unpaired) electrons. The first-order valence-electron chi connectivity index (χ1n) is 7.64. The molecule has 0 atom stereocenters. The second-order valence-corrected chi connectivity index (χ2v) is 6.63. The SMILES string of the molecule is COc1ccc(/C(C)=N/OCc2ccc3nonc3c2)cc1OS(N)(=O)=O. The highest BCUT2D eigenvalue weighted by molar-refractivity contribution is 7.84. The van der Waals surface area contributed by atoms with Gasteiger partial charge in [0.05, 0.1) is 12.8 Å². The molecule has 0 unspecified atom stereocenters. The maximum absolute atomic E-state index is 11.2. The molecule has 0 aliphatic heterocycles. The van der Waals surface area contributed by atoms with Gasteiger partial charge in [-0.1, -0.05) is 11.2 Å². The Morgan fingerprint density at radius 3 is 2.67 bits per heavy atom. The largest absolute Gasteiger partial charge is 0.493 e. The third-order valence-electron chi connectivity index (χ3n) is 3.54. The van der Waals surface area contributed by atoms with E-state index in [2.05, 4.69) is 20.1 Å². The molecule has 0 amide bonds. The van der Waals surface area contributed by atoms with Gasteiger partial charge in [0.25, 0.3) is 0 Å². The first-order valence-corrected chi connectivity index (χ1v) is 9.11. The number of fused-ring (bicyclic) bond motifs is 1. The first kappa shape index (κ1) is 18.6. The molecule has 1 aromatic heterocycles. The summed E-state index contributed by atoms with van der Waals surface area (Å²) in [4.78, 5) is 5.35. The maximum atomic E-state index is 11.2. The normalized spacial score (nSPS) is 12.2. The van der Waals surface area contributed by atoms with E-state index >= 15 is 0 Å². The summed E-state index contributed by atoms with van der Waals surface area (Å²) in [7, 11) is -2.80. The van der Waals surface area contributed by atoms with E-state index in [-0.39, 0.29) is 18.1 Å². The van der Waals surface area contributed by atoms with E-state index in [1.165, 1.54) is 13.2 Å². The molecule has 0 spiro atoms.